The Bertz CT molecular complexity index is 1550. The molecule has 3 N–H and O–H groups in total. The number of ether oxygens (including phenoxy) is 2. The molecule has 41 heavy (non-hydrogen) atoms. The molecular formula is C26H31Cl3N6O4P2. The van der Waals surface area contributed by atoms with E-state index in [0.717, 1.165) is 16.3 Å². The van der Waals surface area contributed by atoms with E-state index in [9.17, 15) is 9.13 Å². The monoisotopic (exact) mass is 658 g/mol. The Balaban J connectivity index is 0.000000239. The zero-order chi connectivity index (χ0) is 30.8. The molecule has 15 heteroatoms. The Hall–Kier alpha value is -2.87. The third-order valence-corrected chi connectivity index (χ3v) is 8.81. The maximum Gasteiger partial charge on any atom is 0.143 e. The number of nitrogens with two attached hydrogens (primary N) is 1. The van der Waals surface area contributed by atoms with Crippen LogP contribution in [0, 0.1) is 0 Å². The van der Waals surface area contributed by atoms with Gasteiger partial charge in [0, 0.05) is 22.7 Å². The van der Waals surface area contributed by atoms with E-state index in [1.54, 1.807) is 71.2 Å². The van der Waals surface area contributed by atoms with Crippen molar-refractivity contribution in [2.24, 2.45) is 0 Å². The summed E-state index contributed by atoms with van der Waals surface area (Å²) in [6.07, 6.45) is 2.68. The van der Waals surface area contributed by atoms with Gasteiger partial charge >= 0.3 is 0 Å². The van der Waals surface area contributed by atoms with Gasteiger partial charge in [-0.05, 0) is 63.1 Å². The van der Waals surface area contributed by atoms with E-state index in [-0.39, 0.29) is 0 Å². The summed E-state index contributed by atoms with van der Waals surface area (Å²) in [7, 11) is -1.43. The van der Waals surface area contributed by atoms with Gasteiger partial charge in [-0.2, -0.15) is 0 Å². The van der Waals surface area contributed by atoms with E-state index in [2.05, 4.69) is 25.3 Å². The zero-order valence-corrected chi connectivity index (χ0v) is 27.4. The normalized spacial score (nSPS) is 10.9. The van der Waals surface area contributed by atoms with Gasteiger partial charge in [-0.15, -0.1) is 0 Å². The molecule has 0 aliphatic heterocycles. The van der Waals surface area contributed by atoms with Crippen LogP contribution in [0.25, 0.3) is 0 Å². The summed E-state index contributed by atoms with van der Waals surface area (Å²) in [5.74, 6) is 1.75. The second kappa shape index (κ2) is 15.4. The summed E-state index contributed by atoms with van der Waals surface area (Å²) in [6, 6.07) is 13.7. The lowest BCUT2D eigenvalue weighted by molar-refractivity contribution is 0.417. The first-order valence-corrected chi connectivity index (χ1v) is 18.1. The van der Waals surface area contributed by atoms with Crippen molar-refractivity contribution in [1.29, 1.82) is 0 Å². The van der Waals surface area contributed by atoms with Gasteiger partial charge in [-0.3, -0.25) is 0 Å². The molecule has 2 aromatic carbocycles. The smallest absolute Gasteiger partial charge is 0.143 e. The molecule has 2 heterocycles. The Morgan fingerprint density at radius 1 is 0.683 bits per heavy atom. The van der Waals surface area contributed by atoms with Gasteiger partial charge in [0.2, 0.25) is 0 Å². The summed E-state index contributed by atoms with van der Waals surface area (Å²) in [5, 5.41) is 5.73. The highest BCUT2D eigenvalue weighted by molar-refractivity contribution is 7.70. The summed E-state index contributed by atoms with van der Waals surface area (Å²) in [4.78, 5) is 15.1. The van der Waals surface area contributed by atoms with Crippen LogP contribution < -0.4 is 31.1 Å². The molecule has 0 atom stereocenters. The van der Waals surface area contributed by atoms with Crippen LogP contribution in [-0.4, -0.2) is 60.8 Å². The SMILES string of the molecule is COc1cc(P(C)(C)=O)ccc1N.COc1cc(P(C)(C)=O)ccc1Nc1cc(Cl)ncn1.Clc1cc(Cl)ncn1. The fourth-order valence-corrected chi connectivity index (χ4v) is 5.23. The minimum atomic E-state index is -2.32. The molecule has 0 saturated carbocycles. The first kappa shape index (κ1) is 34.3. The molecule has 0 aliphatic carbocycles. The summed E-state index contributed by atoms with van der Waals surface area (Å²) in [6.45, 7) is 6.88. The van der Waals surface area contributed by atoms with Crippen molar-refractivity contribution in [1.82, 2.24) is 19.9 Å². The Labute approximate surface area is 254 Å². The van der Waals surface area contributed by atoms with Gasteiger partial charge < -0.3 is 29.7 Å². The summed E-state index contributed by atoms with van der Waals surface area (Å²) >= 11 is 16.6. The molecule has 4 rings (SSSR count). The summed E-state index contributed by atoms with van der Waals surface area (Å²) in [5.41, 5.74) is 6.92. The highest BCUT2D eigenvalue weighted by Crippen LogP contribution is 2.38. The lowest BCUT2D eigenvalue weighted by Crippen LogP contribution is -2.05. The van der Waals surface area contributed by atoms with Gasteiger partial charge in [0.05, 0.1) is 25.6 Å². The van der Waals surface area contributed by atoms with E-state index >= 15 is 0 Å². The third kappa shape index (κ3) is 11.5. The number of rotatable bonds is 6. The Morgan fingerprint density at radius 3 is 1.59 bits per heavy atom. The lowest BCUT2D eigenvalue weighted by Gasteiger charge is -2.14. The van der Waals surface area contributed by atoms with E-state index in [4.69, 9.17) is 50.0 Å². The standard InChI is InChI=1S/C13H15ClN3O2P.C9H14NO2P.C4H2Cl2N2/c1-19-11-6-9(20(2,3)18)4-5-10(11)17-13-7-12(14)15-8-16-13;1-12-9-6-7(13(2,3)11)4-5-8(9)10;5-3-1-4(6)8-2-7-3/h4-8H,1-3H3,(H,15,16,17);4-6H,10H2,1-3H3;1-2H. The zero-order valence-electron chi connectivity index (χ0n) is 23.3. The second-order valence-corrected chi connectivity index (χ2v) is 16.6. The van der Waals surface area contributed by atoms with Gasteiger partial charge in [0.1, 0.15) is 59.7 Å². The Kier molecular flexibility index (Phi) is 12.9. The van der Waals surface area contributed by atoms with Crippen LogP contribution in [-0.2, 0) is 9.13 Å². The fourth-order valence-electron chi connectivity index (χ4n) is 3.00. The van der Waals surface area contributed by atoms with Crippen molar-refractivity contribution >= 4 is 76.9 Å². The van der Waals surface area contributed by atoms with E-state index in [0.29, 0.717) is 38.5 Å². The minimum absolute atomic E-state index is 0.352. The van der Waals surface area contributed by atoms with Gasteiger partial charge in [-0.1, -0.05) is 34.8 Å². The van der Waals surface area contributed by atoms with E-state index < -0.39 is 14.3 Å². The van der Waals surface area contributed by atoms with E-state index in [1.165, 1.54) is 18.7 Å². The first-order chi connectivity index (χ1) is 19.1. The molecule has 4 aromatic rings. The largest absolute Gasteiger partial charge is 0.495 e. The minimum Gasteiger partial charge on any atom is -0.495 e. The number of aromatic nitrogens is 4. The number of nitrogen functional groups attached to an aromatic ring is 1. The second-order valence-electron chi connectivity index (χ2n) is 9.03. The van der Waals surface area contributed by atoms with Gasteiger partial charge in [-0.25, -0.2) is 19.9 Å². The average molecular weight is 660 g/mol. The van der Waals surface area contributed by atoms with Crippen molar-refractivity contribution < 1.29 is 18.6 Å². The molecule has 10 nitrogen and oxygen atoms in total. The molecule has 0 aliphatic rings. The number of anilines is 3. The highest BCUT2D eigenvalue weighted by Gasteiger charge is 2.15. The molecule has 0 fully saturated rings. The number of hydrogen-bond donors (Lipinski definition) is 2. The van der Waals surface area contributed by atoms with Crippen molar-refractivity contribution in [2.45, 2.75) is 0 Å². The predicted octanol–water partition coefficient (Wildman–Crippen LogP) is 6.44. The molecule has 0 radical (unpaired) electrons. The molecule has 2 aromatic heterocycles. The fraction of sp³-hybridized carbons (Fsp3) is 0.231. The van der Waals surface area contributed by atoms with Crippen molar-refractivity contribution in [2.75, 3.05) is 51.9 Å². The van der Waals surface area contributed by atoms with Crippen LogP contribution >= 0.6 is 49.1 Å². The van der Waals surface area contributed by atoms with Crippen LogP contribution in [0.5, 0.6) is 11.5 Å². The number of benzene rings is 2. The molecule has 0 saturated heterocycles. The average Bonchev–Trinajstić information content (AvgIpc) is 2.88. The van der Waals surface area contributed by atoms with Crippen LogP contribution in [0.1, 0.15) is 0 Å². The van der Waals surface area contributed by atoms with Gasteiger partial charge in [0.15, 0.2) is 0 Å². The summed E-state index contributed by atoms with van der Waals surface area (Å²) < 4.78 is 34.1. The number of methoxy groups -OCH3 is 2. The quantitative estimate of drug-likeness (QED) is 0.135. The maximum atomic E-state index is 12.1. The van der Waals surface area contributed by atoms with Crippen LogP contribution in [0.4, 0.5) is 17.2 Å². The highest BCUT2D eigenvalue weighted by atomic mass is 35.5. The van der Waals surface area contributed by atoms with Crippen LogP contribution in [0.3, 0.4) is 0 Å². The molecular weight excluding hydrogens is 629 g/mol. The maximum absolute atomic E-state index is 12.1. The molecule has 220 valence electrons. The number of halogens is 3. The van der Waals surface area contributed by atoms with Crippen molar-refractivity contribution in [3.63, 3.8) is 0 Å². The molecule has 0 spiro atoms. The Morgan fingerprint density at radius 2 is 1.15 bits per heavy atom. The van der Waals surface area contributed by atoms with E-state index in [1.807, 2.05) is 12.1 Å². The molecule has 0 unspecified atom stereocenters. The molecule has 0 amide bonds. The van der Waals surface area contributed by atoms with Crippen molar-refractivity contribution in [3.05, 3.63) is 76.6 Å². The predicted molar refractivity (Wildman–Crippen MR) is 171 cm³/mol. The number of nitrogens with zero attached hydrogens (tertiary/aromatic N) is 4. The van der Waals surface area contributed by atoms with Crippen LogP contribution in [0.15, 0.2) is 61.2 Å². The van der Waals surface area contributed by atoms with Gasteiger partial charge in [0.25, 0.3) is 0 Å². The molecule has 0 bridgehead atoms. The van der Waals surface area contributed by atoms with Crippen LogP contribution in [0.2, 0.25) is 15.5 Å². The first-order valence-electron chi connectivity index (χ1n) is 11.7. The van der Waals surface area contributed by atoms with Crippen molar-refractivity contribution in [3.8, 4) is 11.5 Å². The topological polar surface area (TPSA) is 142 Å². The number of nitrogens with one attached hydrogen (secondary N) is 1. The third-order valence-electron chi connectivity index (χ3n) is 5.14. The lowest BCUT2D eigenvalue weighted by atomic mass is 10.3. The number of hydrogen-bond acceptors (Lipinski definition) is 10.